The normalized spacial score (nSPS) is 17.4. The van der Waals surface area contributed by atoms with Gasteiger partial charge in [-0.05, 0) is 43.5 Å². The molecule has 124 valence electrons. The number of H-pyrrole nitrogens is 1. The summed E-state index contributed by atoms with van der Waals surface area (Å²) in [6.07, 6.45) is 3.74. The second kappa shape index (κ2) is 7.18. The zero-order valence-corrected chi connectivity index (χ0v) is 13.5. The van der Waals surface area contributed by atoms with Gasteiger partial charge in [0.25, 0.3) is 0 Å². The lowest BCUT2D eigenvalue weighted by Gasteiger charge is -2.22. The van der Waals surface area contributed by atoms with Crippen molar-refractivity contribution >= 4 is 5.97 Å². The molecule has 0 spiro atoms. The molecule has 0 amide bonds. The van der Waals surface area contributed by atoms with Crippen molar-refractivity contribution in [1.82, 2.24) is 10.2 Å². The summed E-state index contributed by atoms with van der Waals surface area (Å²) >= 11 is 0. The average molecular weight is 325 g/mol. The second-order valence-corrected chi connectivity index (χ2v) is 6.01. The van der Waals surface area contributed by atoms with Gasteiger partial charge in [0.2, 0.25) is 0 Å². The number of benzene rings is 1. The number of hydrogen-bond donors (Lipinski definition) is 1. The molecule has 1 aliphatic rings. The van der Waals surface area contributed by atoms with Crippen molar-refractivity contribution in [2.45, 2.75) is 32.3 Å². The molecule has 0 aliphatic heterocycles. The highest BCUT2D eigenvalue weighted by atomic mass is 16.6. The van der Waals surface area contributed by atoms with Crippen LogP contribution in [0.4, 0.5) is 0 Å². The molecule has 1 heterocycles. The van der Waals surface area contributed by atoms with Crippen LogP contribution in [0.15, 0.2) is 30.5 Å². The van der Waals surface area contributed by atoms with Crippen LogP contribution in [0.3, 0.4) is 0 Å². The maximum atomic E-state index is 12.3. The Hall–Kier alpha value is -2.81. The third kappa shape index (κ3) is 3.74. The van der Waals surface area contributed by atoms with E-state index in [1.807, 2.05) is 6.20 Å². The SMILES string of the molecule is C[C@H](COc1cccc(C#N)c1)OC(=O)[C@@H]1CCc2cn[nH]c2C1. The zero-order chi connectivity index (χ0) is 16.9. The summed E-state index contributed by atoms with van der Waals surface area (Å²) in [5, 5.41) is 15.8. The van der Waals surface area contributed by atoms with Crippen LogP contribution in [-0.4, -0.2) is 28.9 Å². The van der Waals surface area contributed by atoms with Crippen LogP contribution in [-0.2, 0) is 22.4 Å². The Labute approximate surface area is 140 Å². The van der Waals surface area contributed by atoms with E-state index in [-0.39, 0.29) is 24.6 Å². The van der Waals surface area contributed by atoms with E-state index < -0.39 is 0 Å². The van der Waals surface area contributed by atoms with Crippen molar-refractivity contribution in [2.24, 2.45) is 5.92 Å². The van der Waals surface area contributed by atoms with E-state index in [0.29, 0.717) is 17.7 Å². The summed E-state index contributed by atoms with van der Waals surface area (Å²) in [5.74, 6) is 0.260. The Morgan fingerprint density at radius 2 is 2.42 bits per heavy atom. The number of hydrogen-bond acceptors (Lipinski definition) is 5. The highest BCUT2D eigenvalue weighted by molar-refractivity contribution is 5.73. The minimum Gasteiger partial charge on any atom is -0.490 e. The van der Waals surface area contributed by atoms with Gasteiger partial charge in [0, 0.05) is 12.1 Å². The van der Waals surface area contributed by atoms with E-state index in [4.69, 9.17) is 14.7 Å². The molecule has 1 aliphatic carbocycles. The molecule has 0 fully saturated rings. The molecule has 6 nitrogen and oxygen atoms in total. The number of carbonyl (C=O) groups excluding carboxylic acids is 1. The lowest BCUT2D eigenvalue weighted by Crippen LogP contribution is -2.29. The summed E-state index contributed by atoms with van der Waals surface area (Å²) in [5.41, 5.74) is 2.75. The quantitative estimate of drug-likeness (QED) is 0.853. The van der Waals surface area contributed by atoms with Crippen molar-refractivity contribution in [3.63, 3.8) is 0 Å². The third-order valence-corrected chi connectivity index (χ3v) is 4.12. The standard InChI is InChI=1S/C18H19N3O3/c1-12(11-23-16-4-2-3-13(7-16)9-19)24-18(22)14-5-6-15-10-20-21-17(15)8-14/h2-4,7,10,12,14H,5-6,8,11H2,1H3,(H,20,21)/t12-,14-/m1/s1. The van der Waals surface area contributed by atoms with Crippen molar-refractivity contribution in [3.8, 4) is 11.8 Å². The minimum atomic E-state index is -0.355. The largest absolute Gasteiger partial charge is 0.490 e. The molecule has 24 heavy (non-hydrogen) atoms. The molecule has 0 saturated carbocycles. The highest BCUT2D eigenvalue weighted by Gasteiger charge is 2.28. The number of nitriles is 1. The van der Waals surface area contributed by atoms with Crippen molar-refractivity contribution in [1.29, 1.82) is 5.26 Å². The van der Waals surface area contributed by atoms with Crippen LogP contribution in [0.25, 0.3) is 0 Å². The highest BCUT2D eigenvalue weighted by Crippen LogP contribution is 2.25. The Morgan fingerprint density at radius 3 is 3.25 bits per heavy atom. The molecular formula is C18H19N3O3. The lowest BCUT2D eigenvalue weighted by atomic mass is 9.88. The van der Waals surface area contributed by atoms with Gasteiger partial charge in [-0.1, -0.05) is 6.07 Å². The van der Waals surface area contributed by atoms with Crippen molar-refractivity contribution in [3.05, 3.63) is 47.3 Å². The molecule has 2 aromatic rings. The van der Waals surface area contributed by atoms with Gasteiger partial charge in [-0.3, -0.25) is 9.89 Å². The number of aromatic nitrogens is 2. The van der Waals surface area contributed by atoms with Crippen molar-refractivity contribution < 1.29 is 14.3 Å². The van der Waals surface area contributed by atoms with E-state index in [0.717, 1.165) is 18.5 Å². The maximum absolute atomic E-state index is 12.3. The first-order chi connectivity index (χ1) is 11.7. The van der Waals surface area contributed by atoms with Crippen LogP contribution in [0, 0.1) is 17.2 Å². The first-order valence-electron chi connectivity index (χ1n) is 8.00. The van der Waals surface area contributed by atoms with E-state index in [1.165, 1.54) is 5.56 Å². The molecule has 0 unspecified atom stereocenters. The monoisotopic (exact) mass is 325 g/mol. The summed E-state index contributed by atoms with van der Waals surface area (Å²) in [4.78, 5) is 12.3. The minimum absolute atomic E-state index is 0.137. The molecule has 2 atom stereocenters. The van der Waals surface area contributed by atoms with Crippen LogP contribution < -0.4 is 4.74 Å². The predicted molar refractivity (Wildman–Crippen MR) is 86.3 cm³/mol. The fourth-order valence-corrected chi connectivity index (χ4v) is 2.81. The van der Waals surface area contributed by atoms with Gasteiger partial charge in [0.15, 0.2) is 0 Å². The van der Waals surface area contributed by atoms with Gasteiger partial charge in [0.05, 0.1) is 23.7 Å². The number of aromatic amines is 1. The maximum Gasteiger partial charge on any atom is 0.309 e. The number of aryl methyl sites for hydroxylation is 1. The van der Waals surface area contributed by atoms with Gasteiger partial charge in [-0.2, -0.15) is 10.4 Å². The number of carbonyl (C=O) groups is 1. The first kappa shape index (κ1) is 16.1. The fraction of sp³-hybridized carbons (Fsp3) is 0.389. The Morgan fingerprint density at radius 1 is 1.54 bits per heavy atom. The molecule has 0 saturated heterocycles. The smallest absolute Gasteiger partial charge is 0.309 e. The number of rotatable bonds is 5. The van der Waals surface area contributed by atoms with Gasteiger partial charge in [-0.15, -0.1) is 0 Å². The molecular weight excluding hydrogens is 306 g/mol. The predicted octanol–water partition coefficient (Wildman–Crippen LogP) is 2.40. The second-order valence-electron chi connectivity index (χ2n) is 6.01. The molecule has 0 radical (unpaired) electrons. The number of esters is 1. The average Bonchev–Trinajstić information content (AvgIpc) is 3.07. The molecule has 1 aromatic carbocycles. The van der Waals surface area contributed by atoms with E-state index in [2.05, 4.69) is 16.3 Å². The topological polar surface area (TPSA) is 88.0 Å². The van der Waals surface area contributed by atoms with Crippen LogP contribution in [0.1, 0.15) is 30.2 Å². The van der Waals surface area contributed by atoms with Gasteiger partial charge < -0.3 is 9.47 Å². The fourth-order valence-electron chi connectivity index (χ4n) is 2.81. The van der Waals surface area contributed by atoms with E-state index >= 15 is 0 Å². The molecule has 1 aromatic heterocycles. The molecule has 6 heteroatoms. The number of ether oxygens (including phenoxy) is 2. The summed E-state index contributed by atoms with van der Waals surface area (Å²) in [6, 6.07) is 8.97. The van der Waals surface area contributed by atoms with Crippen molar-refractivity contribution in [2.75, 3.05) is 6.61 Å². The third-order valence-electron chi connectivity index (χ3n) is 4.12. The Kier molecular flexibility index (Phi) is 4.80. The van der Waals surface area contributed by atoms with Gasteiger partial charge in [0.1, 0.15) is 18.5 Å². The Balaban J connectivity index is 1.49. The first-order valence-corrected chi connectivity index (χ1v) is 8.00. The van der Waals surface area contributed by atoms with Crippen LogP contribution >= 0.6 is 0 Å². The molecule has 1 N–H and O–H groups in total. The summed E-state index contributed by atoms with van der Waals surface area (Å²) < 4.78 is 11.1. The zero-order valence-electron chi connectivity index (χ0n) is 13.5. The van der Waals surface area contributed by atoms with E-state index in [9.17, 15) is 4.79 Å². The summed E-state index contributed by atoms with van der Waals surface area (Å²) in [7, 11) is 0. The van der Waals surface area contributed by atoms with Gasteiger partial charge >= 0.3 is 5.97 Å². The number of nitrogens with one attached hydrogen (secondary N) is 1. The lowest BCUT2D eigenvalue weighted by molar-refractivity contribution is -0.155. The number of nitrogens with zero attached hydrogens (tertiary/aromatic N) is 2. The van der Waals surface area contributed by atoms with E-state index in [1.54, 1.807) is 31.2 Å². The van der Waals surface area contributed by atoms with Crippen LogP contribution in [0.5, 0.6) is 5.75 Å². The van der Waals surface area contributed by atoms with Gasteiger partial charge in [-0.25, -0.2) is 0 Å². The molecule has 3 rings (SSSR count). The number of fused-ring (bicyclic) bond motifs is 1. The molecule has 0 bridgehead atoms. The Bertz CT molecular complexity index is 763. The summed E-state index contributed by atoms with van der Waals surface area (Å²) in [6.45, 7) is 2.05. The van der Waals surface area contributed by atoms with Crippen LogP contribution in [0.2, 0.25) is 0 Å².